The van der Waals surface area contributed by atoms with Crippen LogP contribution in [0.15, 0.2) is 0 Å². The number of hydrogen-bond acceptors (Lipinski definition) is 3. The fraction of sp³-hybridized carbons (Fsp3) is 0.900. The highest BCUT2D eigenvalue weighted by Gasteiger charge is 2.46. The van der Waals surface area contributed by atoms with E-state index in [2.05, 4.69) is 19.6 Å². The van der Waals surface area contributed by atoms with Crippen molar-refractivity contribution in [1.82, 2.24) is 0 Å². The third kappa shape index (κ3) is 2.01. The van der Waals surface area contributed by atoms with Gasteiger partial charge in [0.15, 0.2) is 8.32 Å². The molecular weight excluding hydrogens is 196 g/mol. The van der Waals surface area contributed by atoms with Gasteiger partial charge in [-0.1, -0.05) is 0 Å². The molecule has 0 aromatic rings. The maximum Gasteiger partial charge on any atom is 0.306 e. The topological polar surface area (TPSA) is 35.5 Å². The molecule has 2 aliphatic rings. The zero-order chi connectivity index (χ0) is 10.3. The van der Waals surface area contributed by atoms with Crippen molar-refractivity contribution >= 4 is 14.3 Å². The van der Waals surface area contributed by atoms with Crippen molar-refractivity contribution in [3.05, 3.63) is 0 Å². The summed E-state index contributed by atoms with van der Waals surface area (Å²) >= 11 is 0. The molecule has 3 atom stereocenters. The zero-order valence-corrected chi connectivity index (χ0v) is 10.1. The third-order valence-corrected chi connectivity index (χ3v) is 3.86. The molecular formula is C10H18O3Si. The Balaban J connectivity index is 1.99. The van der Waals surface area contributed by atoms with Gasteiger partial charge in [0.05, 0.1) is 12.5 Å². The normalized spacial score (nSPS) is 37.1. The number of ether oxygens (including phenoxy) is 1. The Morgan fingerprint density at radius 1 is 1.36 bits per heavy atom. The summed E-state index contributed by atoms with van der Waals surface area (Å²) in [6.45, 7) is 6.53. The predicted molar refractivity (Wildman–Crippen MR) is 55.4 cm³/mol. The molecule has 1 aliphatic carbocycles. The molecule has 0 bridgehead atoms. The van der Waals surface area contributed by atoms with Crippen molar-refractivity contribution < 1.29 is 14.0 Å². The van der Waals surface area contributed by atoms with Crippen molar-refractivity contribution in [2.45, 2.75) is 51.1 Å². The number of carbonyl (C=O) groups excluding carboxylic acids is 1. The molecule has 1 saturated heterocycles. The van der Waals surface area contributed by atoms with E-state index in [-0.39, 0.29) is 18.2 Å². The van der Waals surface area contributed by atoms with E-state index in [0.29, 0.717) is 12.3 Å². The fourth-order valence-electron chi connectivity index (χ4n) is 2.39. The maximum absolute atomic E-state index is 11.1. The second-order valence-corrected chi connectivity index (χ2v) is 9.73. The van der Waals surface area contributed by atoms with Crippen molar-refractivity contribution in [3.8, 4) is 0 Å². The molecule has 0 N–H and O–H groups in total. The van der Waals surface area contributed by atoms with Gasteiger partial charge in [0, 0.05) is 5.92 Å². The quantitative estimate of drug-likeness (QED) is 0.520. The van der Waals surface area contributed by atoms with E-state index < -0.39 is 8.32 Å². The molecule has 2 rings (SSSR count). The molecule has 1 saturated carbocycles. The number of rotatable bonds is 2. The Morgan fingerprint density at radius 3 is 2.71 bits per heavy atom. The largest absolute Gasteiger partial charge is 0.459 e. The molecule has 14 heavy (non-hydrogen) atoms. The van der Waals surface area contributed by atoms with Gasteiger partial charge in [-0.25, -0.2) is 0 Å². The van der Waals surface area contributed by atoms with E-state index in [0.717, 1.165) is 12.8 Å². The lowest BCUT2D eigenvalue weighted by molar-refractivity contribution is -0.144. The average Bonchev–Trinajstić information content (AvgIpc) is 2.49. The molecule has 80 valence electrons. The molecule has 0 spiro atoms. The maximum atomic E-state index is 11.1. The van der Waals surface area contributed by atoms with Crippen LogP contribution in [0.3, 0.4) is 0 Å². The SMILES string of the molecule is C[Si](C)(C)O[C@@H]1CC[C@H]2CC(=O)O[C@H]21. The molecule has 2 fully saturated rings. The number of hydrogen-bond donors (Lipinski definition) is 0. The lowest BCUT2D eigenvalue weighted by Gasteiger charge is -2.26. The van der Waals surface area contributed by atoms with Crippen LogP contribution in [0.5, 0.6) is 0 Å². The van der Waals surface area contributed by atoms with E-state index in [4.69, 9.17) is 9.16 Å². The first kappa shape index (κ1) is 10.2. The van der Waals surface area contributed by atoms with Gasteiger partial charge in [-0.3, -0.25) is 4.79 Å². The van der Waals surface area contributed by atoms with Gasteiger partial charge >= 0.3 is 5.97 Å². The van der Waals surface area contributed by atoms with Crippen molar-refractivity contribution in [3.63, 3.8) is 0 Å². The summed E-state index contributed by atoms with van der Waals surface area (Å²) in [5, 5.41) is 0. The lowest BCUT2D eigenvalue weighted by Crippen LogP contribution is -2.37. The summed E-state index contributed by atoms with van der Waals surface area (Å²) < 4.78 is 11.3. The highest BCUT2D eigenvalue weighted by molar-refractivity contribution is 6.69. The molecule has 0 aromatic heterocycles. The standard InChI is InChI=1S/C10H18O3Si/c1-14(2,3)13-8-5-4-7-6-9(11)12-10(7)8/h7-8,10H,4-6H2,1-3H3/t7-,8+,10+/m0/s1. The molecule has 3 nitrogen and oxygen atoms in total. The fourth-order valence-corrected chi connectivity index (χ4v) is 3.56. The number of esters is 1. The summed E-state index contributed by atoms with van der Waals surface area (Å²) in [6, 6.07) is 0. The van der Waals surface area contributed by atoms with E-state index in [1.807, 2.05) is 0 Å². The summed E-state index contributed by atoms with van der Waals surface area (Å²) in [4.78, 5) is 11.1. The van der Waals surface area contributed by atoms with Crippen LogP contribution in [-0.4, -0.2) is 26.5 Å². The van der Waals surface area contributed by atoms with Gasteiger partial charge in [-0.2, -0.15) is 0 Å². The number of fused-ring (bicyclic) bond motifs is 1. The first-order chi connectivity index (χ1) is 6.46. The average molecular weight is 214 g/mol. The Kier molecular flexibility index (Phi) is 2.43. The van der Waals surface area contributed by atoms with E-state index in [1.54, 1.807) is 0 Å². The summed E-state index contributed by atoms with van der Waals surface area (Å²) in [6.07, 6.45) is 3.00. The molecule has 0 unspecified atom stereocenters. The van der Waals surface area contributed by atoms with Gasteiger partial charge in [0.1, 0.15) is 6.10 Å². The summed E-state index contributed by atoms with van der Waals surface area (Å²) in [5.41, 5.74) is 0. The van der Waals surface area contributed by atoms with Crippen LogP contribution in [0.25, 0.3) is 0 Å². The minimum atomic E-state index is -1.50. The van der Waals surface area contributed by atoms with Gasteiger partial charge in [-0.15, -0.1) is 0 Å². The summed E-state index contributed by atoms with van der Waals surface area (Å²) in [7, 11) is -1.50. The van der Waals surface area contributed by atoms with Crippen molar-refractivity contribution in [1.29, 1.82) is 0 Å². The van der Waals surface area contributed by atoms with Crippen LogP contribution in [0.1, 0.15) is 19.3 Å². The number of carbonyl (C=O) groups is 1. The molecule has 0 aromatic carbocycles. The first-order valence-corrected chi connectivity index (χ1v) is 8.74. The Morgan fingerprint density at radius 2 is 2.07 bits per heavy atom. The Labute approximate surface area is 85.9 Å². The monoisotopic (exact) mass is 214 g/mol. The van der Waals surface area contributed by atoms with Crippen LogP contribution >= 0.6 is 0 Å². The van der Waals surface area contributed by atoms with Crippen LogP contribution in [-0.2, 0) is 14.0 Å². The molecule has 1 aliphatic heterocycles. The minimum absolute atomic E-state index is 0.0381. The Bertz CT molecular complexity index is 246. The van der Waals surface area contributed by atoms with Crippen LogP contribution < -0.4 is 0 Å². The van der Waals surface area contributed by atoms with Gasteiger partial charge in [-0.05, 0) is 32.5 Å². The first-order valence-electron chi connectivity index (χ1n) is 5.33. The van der Waals surface area contributed by atoms with Crippen molar-refractivity contribution in [2.75, 3.05) is 0 Å². The second kappa shape index (κ2) is 3.34. The molecule has 0 radical (unpaired) electrons. The molecule has 4 heteroatoms. The zero-order valence-electron chi connectivity index (χ0n) is 9.08. The predicted octanol–water partition coefficient (Wildman–Crippen LogP) is 1.93. The highest BCUT2D eigenvalue weighted by atomic mass is 28.4. The highest BCUT2D eigenvalue weighted by Crippen LogP contribution is 2.39. The van der Waals surface area contributed by atoms with Crippen LogP contribution in [0.4, 0.5) is 0 Å². The van der Waals surface area contributed by atoms with Crippen LogP contribution in [0, 0.1) is 5.92 Å². The Hall–Kier alpha value is -0.353. The summed E-state index contributed by atoms with van der Waals surface area (Å²) in [5.74, 6) is 0.396. The van der Waals surface area contributed by atoms with E-state index >= 15 is 0 Å². The van der Waals surface area contributed by atoms with Gasteiger partial charge in [0.25, 0.3) is 0 Å². The molecule has 1 heterocycles. The van der Waals surface area contributed by atoms with Gasteiger partial charge < -0.3 is 9.16 Å². The van der Waals surface area contributed by atoms with Gasteiger partial charge in [0.2, 0.25) is 0 Å². The molecule has 0 amide bonds. The second-order valence-electron chi connectivity index (χ2n) is 5.26. The smallest absolute Gasteiger partial charge is 0.306 e. The van der Waals surface area contributed by atoms with Crippen molar-refractivity contribution in [2.24, 2.45) is 5.92 Å². The van der Waals surface area contributed by atoms with Crippen LogP contribution in [0.2, 0.25) is 19.6 Å². The lowest BCUT2D eigenvalue weighted by atomic mass is 10.1. The minimum Gasteiger partial charge on any atom is -0.459 e. The van der Waals surface area contributed by atoms with E-state index in [9.17, 15) is 4.79 Å². The third-order valence-electron chi connectivity index (χ3n) is 2.85. The van der Waals surface area contributed by atoms with E-state index in [1.165, 1.54) is 0 Å².